The Bertz CT molecular complexity index is 786. The molecule has 27 heavy (non-hydrogen) atoms. The lowest BCUT2D eigenvalue weighted by Crippen LogP contribution is -2.22. The van der Waals surface area contributed by atoms with E-state index in [1.54, 1.807) is 0 Å². The van der Waals surface area contributed by atoms with E-state index in [4.69, 9.17) is 4.74 Å². The molecule has 142 valence electrons. The van der Waals surface area contributed by atoms with E-state index in [0.717, 1.165) is 23.5 Å². The maximum atomic E-state index is 12.0. The summed E-state index contributed by atoms with van der Waals surface area (Å²) in [7, 11) is 0. The minimum atomic E-state index is -0.400. The largest absolute Gasteiger partial charge is 0.455 e. The molecule has 0 aromatic heterocycles. The van der Waals surface area contributed by atoms with E-state index in [2.05, 4.69) is 10.2 Å². The van der Waals surface area contributed by atoms with Crippen LogP contribution in [-0.4, -0.2) is 37.3 Å². The molecule has 1 amide bonds. The fourth-order valence-corrected chi connectivity index (χ4v) is 3.80. The van der Waals surface area contributed by atoms with Gasteiger partial charge in [-0.05, 0) is 55.7 Å². The third kappa shape index (κ3) is 5.76. The summed E-state index contributed by atoms with van der Waals surface area (Å²) in [5.41, 5.74) is 2.99. The van der Waals surface area contributed by atoms with E-state index in [1.807, 2.05) is 55.5 Å². The van der Waals surface area contributed by atoms with E-state index in [-0.39, 0.29) is 18.3 Å². The van der Waals surface area contributed by atoms with Crippen LogP contribution >= 0.6 is 11.8 Å². The third-order valence-electron chi connectivity index (χ3n) is 4.43. The zero-order valence-corrected chi connectivity index (χ0v) is 16.3. The van der Waals surface area contributed by atoms with E-state index < -0.39 is 5.97 Å². The number of ether oxygens (including phenoxy) is 1. The summed E-state index contributed by atoms with van der Waals surface area (Å²) in [6.07, 6.45) is 2.46. The summed E-state index contributed by atoms with van der Waals surface area (Å²) in [5, 5.41) is 2.76. The molecule has 0 unspecified atom stereocenters. The lowest BCUT2D eigenvalue weighted by atomic mass is 10.2. The number of hydrogen-bond acceptors (Lipinski definition) is 5. The molecule has 0 atom stereocenters. The first-order valence-corrected chi connectivity index (χ1v) is 10.1. The van der Waals surface area contributed by atoms with Gasteiger partial charge in [-0.15, -0.1) is 11.8 Å². The minimum Gasteiger partial charge on any atom is -0.455 e. The Kier molecular flexibility index (Phi) is 6.76. The van der Waals surface area contributed by atoms with Gasteiger partial charge in [0.25, 0.3) is 5.91 Å². The first-order valence-electron chi connectivity index (χ1n) is 9.11. The van der Waals surface area contributed by atoms with Gasteiger partial charge in [0.15, 0.2) is 6.61 Å². The highest BCUT2D eigenvalue weighted by Gasteiger charge is 2.13. The summed E-state index contributed by atoms with van der Waals surface area (Å²) in [4.78, 5) is 27.2. The van der Waals surface area contributed by atoms with Crippen LogP contribution in [-0.2, 0) is 14.3 Å². The van der Waals surface area contributed by atoms with Crippen molar-refractivity contribution in [1.82, 2.24) is 0 Å². The Hall–Kier alpha value is -2.47. The van der Waals surface area contributed by atoms with Gasteiger partial charge < -0.3 is 15.0 Å². The predicted octanol–water partition coefficient (Wildman–Crippen LogP) is 3.87. The highest BCUT2D eigenvalue weighted by molar-refractivity contribution is 8.00. The normalized spacial score (nSPS) is 13.4. The van der Waals surface area contributed by atoms with Crippen molar-refractivity contribution in [3.63, 3.8) is 0 Å². The van der Waals surface area contributed by atoms with Gasteiger partial charge in [-0.1, -0.05) is 18.2 Å². The van der Waals surface area contributed by atoms with Gasteiger partial charge in [0.05, 0.1) is 5.75 Å². The van der Waals surface area contributed by atoms with Crippen molar-refractivity contribution in [3.05, 3.63) is 54.1 Å². The molecule has 0 saturated carbocycles. The number of thioether (sulfide) groups is 1. The molecular weight excluding hydrogens is 360 g/mol. The molecule has 3 rings (SSSR count). The SMILES string of the molecule is Cc1ccccc1SCC(=O)OCC(=O)Nc1ccc(N2CCCC2)cc1. The van der Waals surface area contributed by atoms with Gasteiger partial charge in [0.1, 0.15) is 0 Å². The Morgan fingerprint density at radius 1 is 1.07 bits per heavy atom. The van der Waals surface area contributed by atoms with Crippen LogP contribution < -0.4 is 10.2 Å². The summed E-state index contributed by atoms with van der Waals surface area (Å²) >= 11 is 1.41. The first kappa shape index (κ1) is 19.3. The van der Waals surface area contributed by atoms with Gasteiger partial charge in [0, 0.05) is 29.4 Å². The average Bonchev–Trinajstić information content (AvgIpc) is 3.21. The number of carbonyl (C=O) groups excluding carboxylic acids is 2. The molecule has 1 heterocycles. The van der Waals surface area contributed by atoms with Crippen molar-refractivity contribution in [2.45, 2.75) is 24.7 Å². The van der Waals surface area contributed by atoms with Gasteiger partial charge in [-0.2, -0.15) is 0 Å². The molecule has 2 aromatic rings. The number of anilines is 2. The number of hydrogen-bond donors (Lipinski definition) is 1. The number of esters is 1. The molecule has 1 aliphatic rings. The highest BCUT2D eigenvalue weighted by atomic mass is 32.2. The Labute approximate surface area is 164 Å². The van der Waals surface area contributed by atoms with Crippen molar-refractivity contribution in [2.75, 3.05) is 35.7 Å². The lowest BCUT2D eigenvalue weighted by molar-refractivity contribution is -0.144. The zero-order valence-electron chi connectivity index (χ0n) is 15.4. The fraction of sp³-hybridized carbons (Fsp3) is 0.333. The molecule has 1 saturated heterocycles. The molecule has 1 aliphatic heterocycles. The Balaban J connectivity index is 1.40. The molecule has 1 fully saturated rings. The van der Waals surface area contributed by atoms with Gasteiger partial charge in [0.2, 0.25) is 0 Å². The van der Waals surface area contributed by atoms with Crippen LogP contribution in [0.2, 0.25) is 0 Å². The van der Waals surface area contributed by atoms with Crippen molar-refractivity contribution in [3.8, 4) is 0 Å². The van der Waals surface area contributed by atoms with E-state index in [0.29, 0.717) is 5.69 Å². The lowest BCUT2D eigenvalue weighted by Gasteiger charge is -2.17. The van der Waals surface area contributed by atoms with Crippen molar-refractivity contribution >= 4 is 35.0 Å². The standard InChI is InChI=1S/C21H24N2O3S/c1-16-6-2-3-7-19(16)27-15-21(25)26-14-20(24)22-17-8-10-18(11-9-17)23-12-4-5-13-23/h2-3,6-11H,4-5,12-15H2,1H3,(H,22,24). The number of nitrogens with one attached hydrogen (secondary N) is 1. The van der Waals surface area contributed by atoms with Gasteiger partial charge in [-0.3, -0.25) is 9.59 Å². The van der Waals surface area contributed by atoms with Crippen LogP contribution in [0.5, 0.6) is 0 Å². The van der Waals surface area contributed by atoms with Crippen molar-refractivity contribution in [2.24, 2.45) is 0 Å². The second-order valence-electron chi connectivity index (χ2n) is 6.50. The third-order valence-corrected chi connectivity index (χ3v) is 5.57. The van der Waals surface area contributed by atoms with Crippen LogP contribution in [0.15, 0.2) is 53.4 Å². The molecule has 0 aliphatic carbocycles. The summed E-state index contributed by atoms with van der Waals surface area (Å²) in [5.74, 6) is -0.552. The van der Waals surface area contributed by atoms with Crippen molar-refractivity contribution < 1.29 is 14.3 Å². The van der Waals surface area contributed by atoms with Crippen LogP contribution in [0.4, 0.5) is 11.4 Å². The van der Waals surface area contributed by atoms with E-state index >= 15 is 0 Å². The number of amides is 1. The molecule has 0 spiro atoms. The fourth-order valence-electron chi connectivity index (χ4n) is 2.97. The maximum Gasteiger partial charge on any atom is 0.316 e. The van der Waals surface area contributed by atoms with Crippen LogP contribution in [0, 0.1) is 6.92 Å². The molecule has 6 heteroatoms. The molecule has 0 bridgehead atoms. The van der Waals surface area contributed by atoms with Gasteiger partial charge in [-0.25, -0.2) is 0 Å². The highest BCUT2D eigenvalue weighted by Crippen LogP contribution is 2.23. The molecule has 1 N–H and O–H groups in total. The molecule has 5 nitrogen and oxygen atoms in total. The van der Waals surface area contributed by atoms with Crippen LogP contribution in [0.25, 0.3) is 0 Å². The van der Waals surface area contributed by atoms with E-state index in [1.165, 1.54) is 30.3 Å². The zero-order chi connectivity index (χ0) is 19.1. The monoisotopic (exact) mass is 384 g/mol. The second-order valence-corrected chi connectivity index (χ2v) is 7.52. The molecule has 0 radical (unpaired) electrons. The Morgan fingerprint density at radius 3 is 2.48 bits per heavy atom. The second kappa shape index (κ2) is 9.46. The van der Waals surface area contributed by atoms with E-state index in [9.17, 15) is 9.59 Å². The first-order chi connectivity index (χ1) is 13.1. The number of carbonyl (C=O) groups is 2. The molecule has 2 aromatic carbocycles. The summed E-state index contributed by atoms with van der Waals surface area (Å²) in [6.45, 7) is 3.89. The predicted molar refractivity (Wildman–Crippen MR) is 109 cm³/mol. The van der Waals surface area contributed by atoms with Crippen LogP contribution in [0.1, 0.15) is 18.4 Å². The maximum absolute atomic E-state index is 12.0. The number of nitrogens with zero attached hydrogens (tertiary/aromatic N) is 1. The quantitative estimate of drug-likeness (QED) is 0.580. The minimum absolute atomic E-state index is 0.183. The average molecular weight is 385 g/mol. The van der Waals surface area contributed by atoms with Crippen LogP contribution in [0.3, 0.4) is 0 Å². The number of benzene rings is 2. The summed E-state index contributed by atoms with van der Waals surface area (Å²) < 4.78 is 5.06. The summed E-state index contributed by atoms with van der Waals surface area (Å²) in [6, 6.07) is 15.6. The Morgan fingerprint density at radius 2 is 1.78 bits per heavy atom. The number of aryl methyl sites for hydroxylation is 1. The van der Waals surface area contributed by atoms with Crippen molar-refractivity contribution in [1.29, 1.82) is 0 Å². The molecular formula is C21H24N2O3S. The number of rotatable bonds is 7. The smallest absolute Gasteiger partial charge is 0.316 e. The van der Waals surface area contributed by atoms with Gasteiger partial charge >= 0.3 is 5.97 Å². The topological polar surface area (TPSA) is 58.6 Å².